The minimum Gasteiger partial charge on any atom is -0.338 e. The molecule has 3 rings (SSSR count). The topological polar surface area (TPSA) is 51.0 Å². The number of hydrogen-bond acceptors (Lipinski definition) is 5. The molecule has 1 saturated heterocycles. The summed E-state index contributed by atoms with van der Waals surface area (Å²) in [6.07, 6.45) is 1.04. The van der Waals surface area contributed by atoms with E-state index >= 15 is 0 Å². The Morgan fingerprint density at radius 3 is 3.00 bits per heavy atom. The zero-order chi connectivity index (χ0) is 11.9. The summed E-state index contributed by atoms with van der Waals surface area (Å²) in [7, 11) is 0. The van der Waals surface area contributed by atoms with Crippen molar-refractivity contribution < 1.29 is 4.52 Å². The van der Waals surface area contributed by atoms with Gasteiger partial charge in [-0.3, -0.25) is 0 Å². The molecule has 0 aliphatic carbocycles. The fourth-order valence-corrected chi connectivity index (χ4v) is 3.35. The lowest BCUT2D eigenvalue weighted by Gasteiger charge is -2.15. The van der Waals surface area contributed by atoms with E-state index in [1.165, 1.54) is 0 Å². The summed E-state index contributed by atoms with van der Waals surface area (Å²) >= 11 is 5.04. The highest BCUT2D eigenvalue weighted by Crippen LogP contribution is 2.32. The van der Waals surface area contributed by atoms with Crippen molar-refractivity contribution in [1.29, 1.82) is 0 Å². The van der Waals surface area contributed by atoms with Crippen LogP contribution in [-0.4, -0.2) is 23.2 Å². The third-order valence-corrected chi connectivity index (χ3v) is 4.79. The molecule has 1 aliphatic heterocycles. The minimum atomic E-state index is -0.0141. The van der Waals surface area contributed by atoms with Gasteiger partial charge >= 0.3 is 0 Å². The van der Waals surface area contributed by atoms with Gasteiger partial charge in [0, 0.05) is 16.4 Å². The third kappa shape index (κ3) is 2.47. The van der Waals surface area contributed by atoms with Gasteiger partial charge in [0.1, 0.15) is 0 Å². The molecule has 0 radical (unpaired) electrons. The molecular formula is C11H13BrClN3OS. The Bertz CT molecular complexity index is 536. The molecule has 1 atom stereocenters. The summed E-state index contributed by atoms with van der Waals surface area (Å²) in [6, 6.07) is 2.01. The molecule has 1 unspecified atom stereocenters. The quantitative estimate of drug-likeness (QED) is 0.903. The zero-order valence-electron chi connectivity index (χ0n) is 9.77. The number of hydrogen-bond donors (Lipinski definition) is 1. The van der Waals surface area contributed by atoms with Gasteiger partial charge in [-0.1, -0.05) is 5.16 Å². The zero-order valence-corrected chi connectivity index (χ0v) is 13.0. The van der Waals surface area contributed by atoms with Crippen molar-refractivity contribution in [2.45, 2.75) is 18.8 Å². The van der Waals surface area contributed by atoms with Gasteiger partial charge in [0.05, 0.1) is 10.3 Å². The van der Waals surface area contributed by atoms with Crippen LogP contribution in [0.15, 0.2) is 20.4 Å². The molecule has 3 heterocycles. The van der Waals surface area contributed by atoms with Gasteiger partial charge in [0.25, 0.3) is 0 Å². The highest BCUT2D eigenvalue weighted by atomic mass is 79.9. The number of thiophene rings is 1. The van der Waals surface area contributed by atoms with Crippen molar-refractivity contribution in [2.75, 3.05) is 13.1 Å². The Labute approximate surface area is 124 Å². The van der Waals surface area contributed by atoms with E-state index < -0.39 is 0 Å². The van der Waals surface area contributed by atoms with Crippen molar-refractivity contribution >= 4 is 39.7 Å². The van der Waals surface area contributed by atoms with E-state index in [2.05, 4.69) is 38.3 Å². The van der Waals surface area contributed by atoms with E-state index in [0.29, 0.717) is 5.82 Å². The second kappa shape index (κ2) is 5.28. The van der Waals surface area contributed by atoms with Crippen molar-refractivity contribution in [3.8, 4) is 10.7 Å². The van der Waals surface area contributed by atoms with Crippen molar-refractivity contribution in [3.63, 3.8) is 0 Å². The van der Waals surface area contributed by atoms with Crippen LogP contribution in [0.3, 0.4) is 0 Å². The Kier molecular flexibility index (Phi) is 4.11. The maximum atomic E-state index is 5.41. The Morgan fingerprint density at radius 2 is 2.39 bits per heavy atom. The molecule has 0 amide bonds. The van der Waals surface area contributed by atoms with Crippen LogP contribution in [0.25, 0.3) is 10.7 Å². The van der Waals surface area contributed by atoms with Crippen molar-refractivity contribution in [2.24, 2.45) is 0 Å². The van der Waals surface area contributed by atoms with Gasteiger partial charge < -0.3 is 9.84 Å². The molecule has 1 aliphatic rings. The molecule has 1 N–H and O–H groups in total. The molecule has 98 valence electrons. The molecule has 0 spiro atoms. The van der Waals surface area contributed by atoms with E-state index in [1.54, 1.807) is 11.3 Å². The van der Waals surface area contributed by atoms with Crippen LogP contribution in [-0.2, 0) is 5.41 Å². The Morgan fingerprint density at radius 1 is 1.56 bits per heavy atom. The smallest absolute Gasteiger partial charge is 0.234 e. The molecule has 2 aromatic rings. The average Bonchev–Trinajstić information content (AvgIpc) is 2.96. The van der Waals surface area contributed by atoms with E-state index in [-0.39, 0.29) is 17.8 Å². The Balaban J connectivity index is 0.00000120. The van der Waals surface area contributed by atoms with Gasteiger partial charge in [-0.25, -0.2) is 0 Å². The van der Waals surface area contributed by atoms with E-state index in [4.69, 9.17) is 4.52 Å². The summed E-state index contributed by atoms with van der Waals surface area (Å²) in [4.78, 5) is 5.55. The minimum absolute atomic E-state index is 0. The van der Waals surface area contributed by atoms with Crippen molar-refractivity contribution in [3.05, 3.63) is 21.8 Å². The Hall–Kier alpha value is -0.430. The predicted octanol–water partition coefficient (Wildman–Crippen LogP) is 3.23. The molecule has 1 fully saturated rings. The molecule has 7 heteroatoms. The van der Waals surface area contributed by atoms with E-state index in [1.807, 2.05) is 11.4 Å². The normalized spacial score (nSPS) is 23.0. The maximum Gasteiger partial charge on any atom is 0.234 e. The third-order valence-electron chi connectivity index (χ3n) is 3.10. The highest BCUT2D eigenvalue weighted by Gasteiger charge is 2.36. The number of aromatic nitrogens is 2. The first kappa shape index (κ1) is 14.0. The second-order valence-corrected chi connectivity index (χ2v) is 6.37. The first-order chi connectivity index (χ1) is 8.17. The molecule has 0 bridgehead atoms. The first-order valence-corrected chi connectivity index (χ1v) is 7.14. The SMILES string of the molecule is CC1(c2nc(-c3cc(Br)cs3)no2)CCNC1.Cl. The molecule has 0 saturated carbocycles. The van der Waals surface area contributed by atoms with Crippen LogP contribution >= 0.6 is 39.7 Å². The summed E-state index contributed by atoms with van der Waals surface area (Å²) in [5, 5.41) is 9.42. The standard InChI is InChI=1S/C11H12BrN3OS.ClH/c1-11(2-3-13-6-11)10-14-9(15-16-10)8-4-7(12)5-17-8;/h4-5,13H,2-3,6H2,1H3;1H. The van der Waals surface area contributed by atoms with Crippen LogP contribution in [0, 0.1) is 0 Å². The van der Waals surface area contributed by atoms with E-state index in [9.17, 15) is 0 Å². The summed E-state index contributed by atoms with van der Waals surface area (Å²) < 4.78 is 6.46. The van der Waals surface area contributed by atoms with Crippen LogP contribution in [0.1, 0.15) is 19.2 Å². The molecule has 4 nitrogen and oxygen atoms in total. The lowest BCUT2D eigenvalue weighted by Crippen LogP contribution is -2.25. The fraction of sp³-hybridized carbons (Fsp3) is 0.455. The van der Waals surface area contributed by atoms with E-state index in [0.717, 1.165) is 34.8 Å². The van der Waals surface area contributed by atoms with Gasteiger partial charge in [-0.05, 0) is 41.9 Å². The van der Waals surface area contributed by atoms with Gasteiger partial charge in [0.15, 0.2) is 0 Å². The molecular weight excluding hydrogens is 338 g/mol. The number of halogens is 2. The number of nitrogens with zero attached hydrogens (tertiary/aromatic N) is 2. The largest absolute Gasteiger partial charge is 0.338 e. The predicted molar refractivity (Wildman–Crippen MR) is 77.4 cm³/mol. The first-order valence-electron chi connectivity index (χ1n) is 5.47. The van der Waals surface area contributed by atoms with Crippen molar-refractivity contribution in [1.82, 2.24) is 15.5 Å². The lowest BCUT2D eigenvalue weighted by molar-refractivity contribution is 0.306. The lowest BCUT2D eigenvalue weighted by atomic mass is 9.90. The monoisotopic (exact) mass is 349 g/mol. The molecule has 0 aromatic carbocycles. The van der Waals surface area contributed by atoms with Gasteiger partial charge in [0.2, 0.25) is 11.7 Å². The van der Waals surface area contributed by atoms with Gasteiger partial charge in [-0.2, -0.15) is 4.98 Å². The highest BCUT2D eigenvalue weighted by molar-refractivity contribution is 9.10. The fourth-order valence-electron chi connectivity index (χ4n) is 2.00. The van der Waals surface area contributed by atoms with Gasteiger partial charge in [-0.15, -0.1) is 23.7 Å². The average molecular weight is 351 g/mol. The number of nitrogens with one attached hydrogen (secondary N) is 1. The summed E-state index contributed by atoms with van der Waals surface area (Å²) in [6.45, 7) is 4.08. The summed E-state index contributed by atoms with van der Waals surface area (Å²) in [5.41, 5.74) is -0.0141. The second-order valence-electron chi connectivity index (χ2n) is 4.54. The summed E-state index contributed by atoms with van der Waals surface area (Å²) in [5.74, 6) is 1.42. The van der Waals surface area contributed by atoms with Crippen LogP contribution in [0.4, 0.5) is 0 Å². The van der Waals surface area contributed by atoms with Crippen LogP contribution in [0.2, 0.25) is 0 Å². The van der Waals surface area contributed by atoms with Crippen LogP contribution in [0.5, 0.6) is 0 Å². The molecule has 2 aromatic heterocycles. The molecule has 18 heavy (non-hydrogen) atoms. The number of rotatable bonds is 2. The maximum absolute atomic E-state index is 5.41. The van der Waals surface area contributed by atoms with Crippen LogP contribution < -0.4 is 5.32 Å².